The number of likely N-dealkylation sites (tertiary alicyclic amines) is 1. The van der Waals surface area contributed by atoms with Crippen LogP contribution in [0, 0.1) is 5.92 Å². The van der Waals surface area contributed by atoms with Crippen LogP contribution in [0.4, 0.5) is 5.69 Å². The summed E-state index contributed by atoms with van der Waals surface area (Å²) in [5, 5.41) is 12.5. The fourth-order valence-electron chi connectivity index (χ4n) is 2.84. The molecule has 0 bridgehead atoms. The van der Waals surface area contributed by atoms with Crippen LogP contribution in [0.5, 0.6) is 0 Å². The van der Waals surface area contributed by atoms with Gasteiger partial charge in [-0.15, -0.1) is 0 Å². The minimum Gasteiger partial charge on any atom is -0.393 e. The number of benzene rings is 1. The summed E-state index contributed by atoms with van der Waals surface area (Å²) in [6, 6.07) is 7.97. The van der Waals surface area contributed by atoms with Crippen LogP contribution in [0.25, 0.3) is 0 Å². The maximum absolute atomic E-state index is 11.1. The number of carbonyl (C=O) groups is 1. The van der Waals surface area contributed by atoms with E-state index in [1.54, 1.807) is 0 Å². The van der Waals surface area contributed by atoms with Crippen molar-refractivity contribution in [1.82, 2.24) is 4.90 Å². The van der Waals surface area contributed by atoms with Crippen LogP contribution in [-0.2, 0) is 11.3 Å². The molecule has 0 aromatic heterocycles. The molecule has 110 valence electrons. The van der Waals surface area contributed by atoms with Crippen LogP contribution < -0.4 is 5.32 Å². The number of hydrogen-bond donors (Lipinski definition) is 2. The lowest BCUT2D eigenvalue weighted by Gasteiger charge is -2.34. The van der Waals surface area contributed by atoms with Crippen LogP contribution >= 0.6 is 0 Å². The summed E-state index contributed by atoms with van der Waals surface area (Å²) in [5.41, 5.74) is 2.04. The first-order valence-electron chi connectivity index (χ1n) is 7.31. The topological polar surface area (TPSA) is 52.6 Å². The van der Waals surface area contributed by atoms with Crippen molar-refractivity contribution in [2.24, 2.45) is 5.92 Å². The van der Waals surface area contributed by atoms with E-state index in [9.17, 15) is 9.90 Å². The molecule has 0 aliphatic carbocycles. The molecule has 1 aromatic carbocycles. The second-order valence-corrected chi connectivity index (χ2v) is 5.76. The molecular formula is C16H24N2O2. The van der Waals surface area contributed by atoms with Gasteiger partial charge in [-0.25, -0.2) is 0 Å². The second-order valence-electron chi connectivity index (χ2n) is 5.76. The predicted molar refractivity (Wildman–Crippen MR) is 80.4 cm³/mol. The van der Waals surface area contributed by atoms with Crippen LogP contribution in [-0.4, -0.2) is 35.1 Å². The Morgan fingerprint density at radius 3 is 3.05 bits per heavy atom. The average molecular weight is 276 g/mol. The van der Waals surface area contributed by atoms with Crippen molar-refractivity contribution in [2.45, 2.75) is 39.3 Å². The molecule has 0 spiro atoms. The zero-order chi connectivity index (χ0) is 14.5. The summed E-state index contributed by atoms with van der Waals surface area (Å²) in [6.07, 6.45) is 2.02. The number of carbonyl (C=O) groups excluding carboxylic acids is 1. The third-order valence-corrected chi connectivity index (χ3v) is 3.88. The quantitative estimate of drug-likeness (QED) is 0.886. The van der Waals surface area contributed by atoms with Gasteiger partial charge < -0.3 is 10.4 Å². The van der Waals surface area contributed by atoms with Crippen molar-refractivity contribution in [3.8, 4) is 0 Å². The first-order valence-corrected chi connectivity index (χ1v) is 7.31. The average Bonchev–Trinajstić information content (AvgIpc) is 2.38. The van der Waals surface area contributed by atoms with Gasteiger partial charge in [-0.3, -0.25) is 9.69 Å². The molecular weight excluding hydrogens is 252 g/mol. The SMILES string of the molecule is CC(=O)Nc1cccc(CN2CCCC(C(C)O)C2)c1. The van der Waals surface area contributed by atoms with E-state index >= 15 is 0 Å². The van der Waals surface area contributed by atoms with Gasteiger partial charge in [-0.1, -0.05) is 12.1 Å². The molecule has 2 unspecified atom stereocenters. The third-order valence-electron chi connectivity index (χ3n) is 3.88. The lowest BCUT2D eigenvalue weighted by atomic mass is 9.93. The highest BCUT2D eigenvalue weighted by Gasteiger charge is 2.23. The number of anilines is 1. The summed E-state index contributed by atoms with van der Waals surface area (Å²) < 4.78 is 0. The molecule has 4 nitrogen and oxygen atoms in total. The van der Waals surface area contributed by atoms with Gasteiger partial charge in [0.25, 0.3) is 0 Å². The Morgan fingerprint density at radius 1 is 1.55 bits per heavy atom. The van der Waals surface area contributed by atoms with Crippen LogP contribution in [0.1, 0.15) is 32.3 Å². The minimum atomic E-state index is -0.233. The van der Waals surface area contributed by atoms with Crippen molar-refractivity contribution in [3.05, 3.63) is 29.8 Å². The monoisotopic (exact) mass is 276 g/mol. The normalized spacial score (nSPS) is 21.4. The van der Waals surface area contributed by atoms with E-state index in [4.69, 9.17) is 0 Å². The summed E-state index contributed by atoms with van der Waals surface area (Å²) in [7, 11) is 0. The number of nitrogens with zero attached hydrogens (tertiary/aromatic N) is 1. The second kappa shape index (κ2) is 6.86. The van der Waals surface area contributed by atoms with Gasteiger partial charge in [-0.2, -0.15) is 0 Å². The first-order chi connectivity index (χ1) is 9.54. The van der Waals surface area contributed by atoms with E-state index in [0.717, 1.165) is 38.2 Å². The van der Waals surface area contributed by atoms with Crippen molar-refractivity contribution < 1.29 is 9.90 Å². The van der Waals surface area contributed by atoms with E-state index in [2.05, 4.69) is 16.3 Å². The number of rotatable bonds is 4. The maximum Gasteiger partial charge on any atom is 0.221 e. The Hall–Kier alpha value is -1.39. The zero-order valence-corrected chi connectivity index (χ0v) is 12.3. The molecule has 1 aliphatic rings. The molecule has 20 heavy (non-hydrogen) atoms. The Labute approximate surface area is 120 Å². The summed E-state index contributed by atoms with van der Waals surface area (Å²) >= 11 is 0. The maximum atomic E-state index is 11.1. The highest BCUT2D eigenvalue weighted by Crippen LogP contribution is 2.22. The van der Waals surface area contributed by atoms with Crippen LogP contribution in [0.2, 0.25) is 0 Å². The van der Waals surface area contributed by atoms with Crippen molar-refractivity contribution >= 4 is 11.6 Å². The van der Waals surface area contributed by atoms with Gasteiger partial charge in [-0.05, 0) is 49.9 Å². The summed E-state index contributed by atoms with van der Waals surface area (Å²) in [4.78, 5) is 13.5. The minimum absolute atomic E-state index is 0.0470. The van der Waals surface area contributed by atoms with Gasteiger partial charge in [0.1, 0.15) is 0 Å². The molecule has 2 N–H and O–H groups in total. The highest BCUT2D eigenvalue weighted by molar-refractivity contribution is 5.88. The van der Waals surface area contributed by atoms with Crippen molar-refractivity contribution in [2.75, 3.05) is 18.4 Å². The number of aliphatic hydroxyl groups is 1. The van der Waals surface area contributed by atoms with Crippen LogP contribution in [0.3, 0.4) is 0 Å². The Balaban J connectivity index is 1.97. The molecule has 1 aliphatic heterocycles. The molecule has 0 radical (unpaired) electrons. The largest absolute Gasteiger partial charge is 0.393 e. The van der Waals surface area contributed by atoms with Gasteiger partial charge in [0, 0.05) is 25.7 Å². The Bertz CT molecular complexity index is 460. The number of amides is 1. The van der Waals surface area contributed by atoms with E-state index < -0.39 is 0 Å². The molecule has 1 saturated heterocycles. The summed E-state index contributed by atoms with van der Waals surface area (Å²) in [6.45, 7) is 6.29. The number of piperidine rings is 1. The van der Waals surface area contributed by atoms with E-state index in [1.807, 2.05) is 25.1 Å². The molecule has 2 atom stereocenters. The van der Waals surface area contributed by atoms with Crippen molar-refractivity contribution in [3.63, 3.8) is 0 Å². The number of hydrogen-bond acceptors (Lipinski definition) is 3. The molecule has 4 heteroatoms. The molecule has 2 rings (SSSR count). The van der Waals surface area contributed by atoms with Gasteiger partial charge in [0.05, 0.1) is 6.10 Å². The molecule has 1 amide bonds. The predicted octanol–water partition coefficient (Wildman–Crippen LogP) is 2.24. The van der Waals surface area contributed by atoms with E-state index in [1.165, 1.54) is 12.5 Å². The molecule has 1 fully saturated rings. The van der Waals surface area contributed by atoms with Gasteiger partial charge in [0.2, 0.25) is 5.91 Å². The lowest BCUT2D eigenvalue weighted by Crippen LogP contribution is -2.39. The van der Waals surface area contributed by atoms with E-state index in [0.29, 0.717) is 5.92 Å². The van der Waals surface area contributed by atoms with Crippen LogP contribution in [0.15, 0.2) is 24.3 Å². The standard InChI is InChI=1S/C16H24N2O2/c1-12(19)15-6-4-8-18(11-15)10-14-5-3-7-16(9-14)17-13(2)20/h3,5,7,9,12,15,19H,4,6,8,10-11H2,1-2H3,(H,17,20). The number of aliphatic hydroxyl groups excluding tert-OH is 1. The number of nitrogens with one attached hydrogen (secondary N) is 1. The van der Waals surface area contributed by atoms with Gasteiger partial charge >= 0.3 is 0 Å². The smallest absolute Gasteiger partial charge is 0.221 e. The Kier molecular flexibility index (Phi) is 5.15. The third kappa shape index (κ3) is 4.32. The molecule has 0 saturated carbocycles. The molecule has 1 heterocycles. The fourth-order valence-corrected chi connectivity index (χ4v) is 2.84. The first kappa shape index (κ1) is 15.0. The fraction of sp³-hybridized carbons (Fsp3) is 0.562. The summed E-state index contributed by atoms with van der Waals surface area (Å²) in [5.74, 6) is 0.330. The van der Waals surface area contributed by atoms with E-state index in [-0.39, 0.29) is 12.0 Å². The lowest BCUT2D eigenvalue weighted by molar-refractivity contribution is -0.114. The zero-order valence-electron chi connectivity index (χ0n) is 12.3. The van der Waals surface area contributed by atoms with Crippen molar-refractivity contribution in [1.29, 1.82) is 0 Å². The molecule has 1 aromatic rings. The highest BCUT2D eigenvalue weighted by atomic mass is 16.3. The van der Waals surface area contributed by atoms with Gasteiger partial charge in [0.15, 0.2) is 0 Å². The Morgan fingerprint density at radius 2 is 2.35 bits per heavy atom.